The van der Waals surface area contributed by atoms with Crippen molar-refractivity contribution in [3.8, 4) is 5.69 Å². The minimum Gasteiger partial charge on any atom is -0.381 e. The molecule has 0 saturated carbocycles. The van der Waals surface area contributed by atoms with E-state index in [-0.39, 0.29) is 0 Å². The maximum Gasteiger partial charge on any atom is 0.143 e. The second kappa shape index (κ2) is 5.35. The lowest BCUT2D eigenvalue weighted by Crippen LogP contribution is -2.03. The Hall–Kier alpha value is -2.70. The Balaban J connectivity index is 1.75. The maximum atomic E-state index is 4.25. The number of tetrazole rings is 1. The summed E-state index contributed by atoms with van der Waals surface area (Å²) in [4.78, 5) is 0. The summed E-state index contributed by atoms with van der Waals surface area (Å²) >= 11 is 0. The van der Waals surface area contributed by atoms with Gasteiger partial charge in [0.25, 0.3) is 0 Å². The molecular weight excluding hydrogens is 266 g/mol. The Morgan fingerprint density at radius 3 is 2.71 bits per heavy atom. The third-order valence-electron chi connectivity index (χ3n) is 3.61. The van der Waals surface area contributed by atoms with Crippen molar-refractivity contribution in [3.63, 3.8) is 0 Å². The van der Waals surface area contributed by atoms with Crippen molar-refractivity contribution in [2.24, 2.45) is 7.05 Å². The number of nitrogens with zero attached hydrogens (tertiary/aromatic N) is 6. The number of hydrogen-bond donors (Lipinski definition) is 1. The zero-order valence-corrected chi connectivity index (χ0v) is 12.3. The summed E-state index contributed by atoms with van der Waals surface area (Å²) in [6.07, 6.45) is 3.49. The van der Waals surface area contributed by atoms with Crippen LogP contribution in [0.2, 0.25) is 0 Å². The number of nitrogens with one attached hydrogen (secondary N) is 1. The van der Waals surface area contributed by atoms with Gasteiger partial charge in [0.05, 0.1) is 11.9 Å². The van der Waals surface area contributed by atoms with Gasteiger partial charge in [0, 0.05) is 30.5 Å². The molecule has 3 aromatic rings. The van der Waals surface area contributed by atoms with Gasteiger partial charge in [0.15, 0.2) is 0 Å². The summed E-state index contributed by atoms with van der Waals surface area (Å²) in [5.74, 6) is 0. The van der Waals surface area contributed by atoms with Crippen molar-refractivity contribution < 1.29 is 0 Å². The van der Waals surface area contributed by atoms with Gasteiger partial charge in [-0.15, -0.1) is 5.10 Å². The van der Waals surface area contributed by atoms with E-state index in [1.54, 1.807) is 11.0 Å². The lowest BCUT2D eigenvalue weighted by Gasteiger charge is -2.10. The number of benzene rings is 1. The second-order valence-corrected chi connectivity index (χ2v) is 4.99. The molecule has 108 valence electrons. The van der Waals surface area contributed by atoms with E-state index < -0.39 is 0 Å². The van der Waals surface area contributed by atoms with Gasteiger partial charge in [-0.3, -0.25) is 4.68 Å². The molecule has 0 fully saturated rings. The van der Waals surface area contributed by atoms with Crippen molar-refractivity contribution in [1.29, 1.82) is 0 Å². The van der Waals surface area contributed by atoms with Gasteiger partial charge in [-0.25, -0.2) is 4.68 Å². The molecule has 7 nitrogen and oxygen atoms in total. The van der Waals surface area contributed by atoms with Crippen LogP contribution in [-0.2, 0) is 13.6 Å². The smallest absolute Gasteiger partial charge is 0.143 e. The highest BCUT2D eigenvalue weighted by Gasteiger charge is 2.06. The summed E-state index contributed by atoms with van der Waals surface area (Å²) < 4.78 is 3.54. The van der Waals surface area contributed by atoms with Gasteiger partial charge >= 0.3 is 0 Å². The minimum atomic E-state index is 0.753. The fourth-order valence-electron chi connectivity index (χ4n) is 2.21. The molecule has 0 aliphatic rings. The van der Waals surface area contributed by atoms with Crippen LogP contribution in [0.3, 0.4) is 0 Å². The van der Waals surface area contributed by atoms with E-state index >= 15 is 0 Å². The van der Waals surface area contributed by atoms with Gasteiger partial charge in [-0.05, 0) is 48.0 Å². The standard InChI is InChI=1S/C14H17N7/c1-10-6-13(4-5-14(10)21-9-16-18-19-21)15-7-12-8-17-20(3)11(12)2/h4-6,8-9,15H,7H2,1-3H3. The Kier molecular flexibility index (Phi) is 3.39. The third kappa shape index (κ3) is 2.62. The van der Waals surface area contributed by atoms with Crippen LogP contribution in [0, 0.1) is 13.8 Å². The van der Waals surface area contributed by atoms with E-state index in [0.717, 1.165) is 23.5 Å². The summed E-state index contributed by atoms with van der Waals surface area (Å²) in [7, 11) is 1.95. The van der Waals surface area contributed by atoms with Crippen molar-refractivity contribution in [2.45, 2.75) is 20.4 Å². The van der Waals surface area contributed by atoms with Gasteiger partial charge in [0.2, 0.25) is 0 Å². The molecule has 21 heavy (non-hydrogen) atoms. The monoisotopic (exact) mass is 283 g/mol. The lowest BCUT2D eigenvalue weighted by molar-refractivity contribution is 0.738. The molecule has 2 aromatic heterocycles. The summed E-state index contributed by atoms with van der Waals surface area (Å²) in [5.41, 5.74) is 5.51. The first-order chi connectivity index (χ1) is 10.1. The molecule has 0 aliphatic carbocycles. The van der Waals surface area contributed by atoms with Crippen molar-refractivity contribution >= 4 is 5.69 Å². The molecule has 3 rings (SSSR count). The highest BCUT2D eigenvalue weighted by atomic mass is 15.5. The summed E-state index contributed by atoms with van der Waals surface area (Å²) in [6, 6.07) is 6.11. The lowest BCUT2D eigenvalue weighted by atomic mass is 10.1. The second-order valence-electron chi connectivity index (χ2n) is 4.99. The maximum absolute atomic E-state index is 4.25. The quantitative estimate of drug-likeness (QED) is 0.787. The zero-order valence-electron chi connectivity index (χ0n) is 12.3. The van der Waals surface area contributed by atoms with E-state index in [9.17, 15) is 0 Å². The molecule has 0 spiro atoms. The fraction of sp³-hybridized carbons (Fsp3) is 0.286. The molecule has 0 saturated heterocycles. The Morgan fingerprint density at radius 1 is 1.24 bits per heavy atom. The van der Waals surface area contributed by atoms with Crippen LogP contribution < -0.4 is 5.32 Å². The highest BCUT2D eigenvalue weighted by molar-refractivity contribution is 5.53. The number of hydrogen-bond acceptors (Lipinski definition) is 5. The molecule has 7 heteroatoms. The first-order valence-electron chi connectivity index (χ1n) is 6.70. The fourth-order valence-corrected chi connectivity index (χ4v) is 2.21. The molecule has 0 bridgehead atoms. The Bertz CT molecular complexity index is 743. The van der Waals surface area contributed by atoms with E-state index in [1.807, 2.05) is 37.0 Å². The average molecular weight is 283 g/mol. The average Bonchev–Trinajstić information content (AvgIpc) is 3.09. The van der Waals surface area contributed by atoms with Gasteiger partial charge in [0.1, 0.15) is 6.33 Å². The molecule has 1 N–H and O–H groups in total. The van der Waals surface area contributed by atoms with Crippen LogP contribution in [-0.4, -0.2) is 30.0 Å². The number of rotatable bonds is 4. The molecule has 2 heterocycles. The van der Waals surface area contributed by atoms with Crippen LogP contribution in [0.4, 0.5) is 5.69 Å². The van der Waals surface area contributed by atoms with Crippen molar-refractivity contribution in [2.75, 3.05) is 5.32 Å². The van der Waals surface area contributed by atoms with Gasteiger partial charge in [-0.1, -0.05) is 0 Å². The highest BCUT2D eigenvalue weighted by Crippen LogP contribution is 2.19. The van der Waals surface area contributed by atoms with Crippen LogP contribution in [0.5, 0.6) is 0 Å². The first-order valence-corrected chi connectivity index (χ1v) is 6.70. The number of aryl methyl sites for hydroxylation is 2. The SMILES string of the molecule is Cc1cc(NCc2cnn(C)c2C)ccc1-n1cnnn1. The summed E-state index contributed by atoms with van der Waals surface area (Å²) in [6.45, 7) is 4.86. The van der Waals surface area contributed by atoms with E-state index in [4.69, 9.17) is 0 Å². The largest absolute Gasteiger partial charge is 0.381 e. The Labute approximate surface area is 122 Å². The third-order valence-corrected chi connectivity index (χ3v) is 3.61. The molecule has 0 atom stereocenters. The molecule has 1 aromatic carbocycles. The Morgan fingerprint density at radius 2 is 2.10 bits per heavy atom. The zero-order chi connectivity index (χ0) is 14.8. The number of anilines is 1. The van der Waals surface area contributed by atoms with Crippen LogP contribution in [0.1, 0.15) is 16.8 Å². The van der Waals surface area contributed by atoms with Gasteiger partial charge in [-0.2, -0.15) is 5.10 Å². The molecule has 0 radical (unpaired) electrons. The van der Waals surface area contributed by atoms with Crippen molar-refractivity contribution in [3.05, 3.63) is 47.5 Å². The first kappa shape index (κ1) is 13.3. The molecule has 0 amide bonds. The predicted molar refractivity (Wildman–Crippen MR) is 79.2 cm³/mol. The van der Waals surface area contributed by atoms with Crippen LogP contribution in [0.25, 0.3) is 5.69 Å². The van der Waals surface area contributed by atoms with E-state index in [2.05, 4.69) is 38.9 Å². The van der Waals surface area contributed by atoms with E-state index in [1.165, 1.54) is 11.3 Å². The predicted octanol–water partition coefficient (Wildman–Crippen LogP) is 1.62. The number of aromatic nitrogens is 6. The normalized spacial score (nSPS) is 10.8. The van der Waals surface area contributed by atoms with E-state index in [0.29, 0.717) is 0 Å². The molecule has 0 aliphatic heterocycles. The molecule has 0 unspecified atom stereocenters. The minimum absolute atomic E-state index is 0.753. The summed E-state index contributed by atoms with van der Waals surface area (Å²) in [5, 5.41) is 18.9. The topological polar surface area (TPSA) is 73.5 Å². The van der Waals surface area contributed by atoms with Gasteiger partial charge < -0.3 is 5.32 Å². The molecular formula is C14H17N7. The van der Waals surface area contributed by atoms with Crippen LogP contribution >= 0.6 is 0 Å². The van der Waals surface area contributed by atoms with Crippen molar-refractivity contribution in [1.82, 2.24) is 30.0 Å². The van der Waals surface area contributed by atoms with Crippen LogP contribution in [0.15, 0.2) is 30.7 Å².